The van der Waals surface area contributed by atoms with Crippen molar-refractivity contribution in [3.8, 4) is 5.75 Å². The van der Waals surface area contributed by atoms with Gasteiger partial charge in [0.25, 0.3) is 5.91 Å². The van der Waals surface area contributed by atoms with Crippen LogP contribution in [0.1, 0.15) is 48.9 Å². The van der Waals surface area contributed by atoms with E-state index in [9.17, 15) is 9.59 Å². The Morgan fingerprint density at radius 1 is 1.07 bits per heavy atom. The van der Waals surface area contributed by atoms with E-state index in [1.54, 1.807) is 0 Å². The lowest BCUT2D eigenvalue weighted by molar-refractivity contribution is -0.123. The van der Waals surface area contributed by atoms with Gasteiger partial charge in [0.1, 0.15) is 5.75 Å². The van der Waals surface area contributed by atoms with Crippen LogP contribution in [-0.2, 0) is 4.79 Å². The first-order valence-corrected chi connectivity index (χ1v) is 10.7. The predicted octanol–water partition coefficient (Wildman–Crippen LogP) is 2.62. The molecule has 7 heteroatoms. The maximum atomic E-state index is 12.9. The number of likely N-dealkylation sites (tertiary alicyclic amines) is 1. The number of amides is 2. The van der Waals surface area contributed by atoms with Crippen molar-refractivity contribution >= 4 is 24.2 Å². The van der Waals surface area contributed by atoms with Gasteiger partial charge in [-0.05, 0) is 81.2 Å². The van der Waals surface area contributed by atoms with E-state index in [1.165, 1.54) is 12.8 Å². The number of rotatable bonds is 7. The molecule has 160 valence electrons. The van der Waals surface area contributed by atoms with Crippen LogP contribution in [0.25, 0.3) is 0 Å². The second-order valence-corrected chi connectivity index (χ2v) is 8.43. The number of nitrogens with one attached hydrogen (secondary N) is 2. The number of hydrogen-bond donors (Lipinski definition) is 2. The third kappa shape index (κ3) is 6.09. The smallest absolute Gasteiger partial charge is 0.253 e. The Morgan fingerprint density at radius 3 is 2.55 bits per heavy atom. The molecule has 3 fully saturated rings. The average Bonchev–Trinajstić information content (AvgIpc) is 3.41. The van der Waals surface area contributed by atoms with E-state index < -0.39 is 0 Å². The average molecular weight is 422 g/mol. The second kappa shape index (κ2) is 10.3. The summed E-state index contributed by atoms with van der Waals surface area (Å²) in [5.74, 6) is 2.05. The summed E-state index contributed by atoms with van der Waals surface area (Å²) < 4.78 is 5.75. The van der Waals surface area contributed by atoms with Gasteiger partial charge in [-0.3, -0.25) is 9.59 Å². The number of piperidine rings is 1. The number of ether oxygens (including phenoxy) is 1. The molecule has 1 aromatic rings. The first-order chi connectivity index (χ1) is 13.7. The Labute approximate surface area is 179 Å². The van der Waals surface area contributed by atoms with Gasteiger partial charge in [-0.15, -0.1) is 12.4 Å². The molecule has 0 bridgehead atoms. The molecule has 0 aromatic heterocycles. The highest BCUT2D eigenvalue weighted by Gasteiger charge is 2.27. The predicted molar refractivity (Wildman–Crippen MR) is 115 cm³/mol. The van der Waals surface area contributed by atoms with Crippen LogP contribution < -0.4 is 15.4 Å². The summed E-state index contributed by atoms with van der Waals surface area (Å²) >= 11 is 0. The minimum absolute atomic E-state index is 0. The van der Waals surface area contributed by atoms with Crippen molar-refractivity contribution in [3.05, 3.63) is 29.8 Å². The van der Waals surface area contributed by atoms with Crippen molar-refractivity contribution in [2.75, 3.05) is 32.8 Å². The highest BCUT2D eigenvalue weighted by Crippen LogP contribution is 2.29. The van der Waals surface area contributed by atoms with Crippen LogP contribution >= 0.6 is 12.4 Å². The monoisotopic (exact) mass is 421 g/mol. The molecule has 2 amide bonds. The molecule has 2 unspecified atom stereocenters. The van der Waals surface area contributed by atoms with Gasteiger partial charge in [0, 0.05) is 25.2 Å². The van der Waals surface area contributed by atoms with Crippen molar-refractivity contribution in [3.63, 3.8) is 0 Å². The number of carbonyl (C=O) groups is 2. The molecule has 1 saturated carbocycles. The lowest BCUT2D eigenvalue weighted by atomic mass is 9.97. The molecule has 0 radical (unpaired) electrons. The van der Waals surface area contributed by atoms with Gasteiger partial charge in [0.2, 0.25) is 5.91 Å². The Morgan fingerprint density at radius 2 is 1.86 bits per heavy atom. The van der Waals surface area contributed by atoms with Crippen LogP contribution in [0.4, 0.5) is 0 Å². The summed E-state index contributed by atoms with van der Waals surface area (Å²) in [4.78, 5) is 27.0. The van der Waals surface area contributed by atoms with Crippen LogP contribution in [0, 0.1) is 11.8 Å². The van der Waals surface area contributed by atoms with E-state index >= 15 is 0 Å². The summed E-state index contributed by atoms with van der Waals surface area (Å²) in [6, 6.07) is 7.48. The molecule has 1 aromatic carbocycles. The molecule has 1 aliphatic carbocycles. The minimum Gasteiger partial charge on any atom is -0.493 e. The van der Waals surface area contributed by atoms with E-state index in [-0.39, 0.29) is 30.3 Å². The molecule has 2 N–H and O–H groups in total. The van der Waals surface area contributed by atoms with Crippen molar-refractivity contribution < 1.29 is 14.3 Å². The van der Waals surface area contributed by atoms with E-state index in [4.69, 9.17) is 4.74 Å². The van der Waals surface area contributed by atoms with E-state index in [2.05, 4.69) is 10.6 Å². The van der Waals surface area contributed by atoms with Gasteiger partial charge in [-0.2, -0.15) is 0 Å². The summed E-state index contributed by atoms with van der Waals surface area (Å²) in [7, 11) is 0. The Balaban J connectivity index is 0.00000240. The molecular formula is C22H32ClN3O3. The van der Waals surface area contributed by atoms with E-state index in [0.29, 0.717) is 24.6 Å². The lowest BCUT2D eigenvalue weighted by Crippen LogP contribution is -2.46. The van der Waals surface area contributed by atoms with Gasteiger partial charge in [-0.1, -0.05) is 0 Å². The van der Waals surface area contributed by atoms with Crippen molar-refractivity contribution in [2.45, 2.75) is 44.6 Å². The summed E-state index contributed by atoms with van der Waals surface area (Å²) in [6.45, 7) is 3.84. The zero-order chi connectivity index (χ0) is 19.3. The lowest BCUT2D eigenvalue weighted by Gasteiger charge is -2.33. The van der Waals surface area contributed by atoms with Gasteiger partial charge in [0.15, 0.2) is 0 Å². The standard InChI is InChI=1S/C22H31N3O3.ClH/c26-21(20-4-1-11-23-20)24-13-17-3-2-12-25(14-17)22(27)18-7-9-19(10-8-18)28-15-16-5-6-16;/h7-10,16-17,20,23H,1-6,11-15H2,(H,24,26);1H. The Hall–Kier alpha value is -1.79. The van der Waals surface area contributed by atoms with Crippen LogP contribution in [0.2, 0.25) is 0 Å². The number of halogens is 1. The molecule has 4 rings (SSSR count). The van der Waals surface area contributed by atoms with Gasteiger partial charge < -0.3 is 20.3 Å². The quantitative estimate of drug-likeness (QED) is 0.710. The fourth-order valence-electron chi connectivity index (χ4n) is 4.07. The molecule has 0 spiro atoms. The molecule has 3 aliphatic rings. The number of carbonyl (C=O) groups excluding carboxylic acids is 2. The number of benzene rings is 1. The zero-order valence-corrected chi connectivity index (χ0v) is 17.7. The third-order valence-electron chi connectivity index (χ3n) is 6.03. The van der Waals surface area contributed by atoms with Crippen molar-refractivity contribution in [2.24, 2.45) is 11.8 Å². The molecule has 2 heterocycles. The van der Waals surface area contributed by atoms with Crippen molar-refractivity contribution in [1.82, 2.24) is 15.5 Å². The Kier molecular flexibility index (Phi) is 7.78. The van der Waals surface area contributed by atoms with Gasteiger partial charge in [-0.25, -0.2) is 0 Å². The fourth-order valence-corrected chi connectivity index (χ4v) is 4.07. The third-order valence-corrected chi connectivity index (χ3v) is 6.03. The van der Waals surface area contributed by atoms with E-state index in [1.807, 2.05) is 29.2 Å². The highest BCUT2D eigenvalue weighted by atomic mass is 35.5. The first kappa shape index (κ1) is 21.9. The zero-order valence-electron chi connectivity index (χ0n) is 16.9. The van der Waals surface area contributed by atoms with Crippen molar-refractivity contribution in [1.29, 1.82) is 0 Å². The molecule has 2 aliphatic heterocycles. The maximum Gasteiger partial charge on any atom is 0.253 e. The topological polar surface area (TPSA) is 70.7 Å². The Bertz CT molecular complexity index is 687. The molecular weight excluding hydrogens is 390 g/mol. The van der Waals surface area contributed by atoms with Crippen LogP contribution in [0.5, 0.6) is 5.75 Å². The summed E-state index contributed by atoms with van der Waals surface area (Å²) in [5.41, 5.74) is 0.707. The minimum atomic E-state index is -0.0398. The van der Waals surface area contributed by atoms with Crippen LogP contribution in [0.15, 0.2) is 24.3 Å². The number of hydrogen-bond acceptors (Lipinski definition) is 4. The number of nitrogens with zero attached hydrogens (tertiary/aromatic N) is 1. The first-order valence-electron chi connectivity index (χ1n) is 10.7. The molecule has 6 nitrogen and oxygen atoms in total. The molecule has 2 saturated heterocycles. The largest absolute Gasteiger partial charge is 0.493 e. The SMILES string of the molecule is Cl.O=C(NCC1CCCN(C(=O)c2ccc(OCC3CC3)cc2)C1)C1CCCN1. The molecule has 2 atom stereocenters. The van der Waals surface area contributed by atoms with Crippen LogP contribution in [-0.4, -0.2) is 55.5 Å². The van der Waals surface area contributed by atoms with Gasteiger partial charge >= 0.3 is 0 Å². The van der Waals surface area contributed by atoms with Gasteiger partial charge in [0.05, 0.1) is 12.6 Å². The van der Waals surface area contributed by atoms with Crippen LogP contribution in [0.3, 0.4) is 0 Å². The summed E-state index contributed by atoms with van der Waals surface area (Å²) in [6.07, 6.45) is 6.55. The normalized spacial score (nSPS) is 23.9. The maximum absolute atomic E-state index is 12.9. The summed E-state index contributed by atoms with van der Waals surface area (Å²) in [5, 5.41) is 6.30. The fraction of sp³-hybridized carbons (Fsp3) is 0.636. The molecule has 29 heavy (non-hydrogen) atoms. The highest BCUT2D eigenvalue weighted by molar-refractivity contribution is 5.94. The second-order valence-electron chi connectivity index (χ2n) is 8.43. The van der Waals surface area contributed by atoms with E-state index in [0.717, 1.165) is 57.0 Å².